The molecule has 98 valence electrons. The molecule has 0 amide bonds. The summed E-state index contributed by atoms with van der Waals surface area (Å²) in [5.41, 5.74) is -0.376. The molecule has 1 N–H and O–H groups in total. The number of furan rings is 1. The number of benzene rings is 1. The predicted molar refractivity (Wildman–Crippen MR) is 62.2 cm³/mol. The Morgan fingerprint density at radius 1 is 1.21 bits per heavy atom. The van der Waals surface area contributed by atoms with E-state index in [0.29, 0.717) is 11.4 Å². The van der Waals surface area contributed by atoms with Gasteiger partial charge in [-0.15, -0.1) is 0 Å². The van der Waals surface area contributed by atoms with Gasteiger partial charge in [-0.3, -0.25) is 0 Å². The third-order valence-electron chi connectivity index (χ3n) is 2.43. The number of rotatable bonds is 3. The van der Waals surface area contributed by atoms with Gasteiger partial charge in [0.2, 0.25) is 5.76 Å². The Kier molecular flexibility index (Phi) is 3.47. The summed E-state index contributed by atoms with van der Waals surface area (Å²) < 4.78 is 42.6. The second-order valence-corrected chi connectivity index (χ2v) is 3.81. The normalized spacial score (nSPS) is 11.1. The summed E-state index contributed by atoms with van der Waals surface area (Å²) in [6.07, 6.45) is -4.36. The van der Waals surface area contributed by atoms with E-state index in [-0.39, 0.29) is 12.3 Å². The van der Waals surface area contributed by atoms with E-state index in [9.17, 15) is 13.2 Å². The average molecular weight is 266 g/mol. The van der Waals surface area contributed by atoms with E-state index in [1.165, 1.54) is 18.2 Å². The summed E-state index contributed by atoms with van der Waals surface area (Å²) in [4.78, 5) is 0. The van der Waals surface area contributed by atoms with Crippen molar-refractivity contribution in [3.63, 3.8) is 0 Å². The molecule has 0 aliphatic rings. The highest BCUT2D eigenvalue weighted by Gasteiger charge is 2.30. The second-order valence-electron chi connectivity index (χ2n) is 3.81. The molecule has 0 saturated carbocycles. The van der Waals surface area contributed by atoms with Crippen LogP contribution in [0.3, 0.4) is 0 Å². The lowest BCUT2D eigenvalue weighted by molar-refractivity contribution is -0.137. The van der Waals surface area contributed by atoms with Gasteiger partial charge in [-0.1, -0.05) is 6.07 Å². The molecule has 2 aromatic rings. The number of halogens is 3. The minimum atomic E-state index is -4.36. The molecule has 0 unspecified atom stereocenters. The fourth-order valence-corrected chi connectivity index (χ4v) is 1.53. The van der Waals surface area contributed by atoms with Crippen LogP contribution in [-0.2, 0) is 12.7 Å². The number of nitrogens with zero attached hydrogens (tertiary/aromatic N) is 1. The molecular weight excluding hydrogens is 257 g/mol. The van der Waals surface area contributed by atoms with Gasteiger partial charge in [-0.05, 0) is 30.3 Å². The van der Waals surface area contributed by atoms with Gasteiger partial charge in [0.05, 0.1) is 12.1 Å². The van der Waals surface area contributed by atoms with Gasteiger partial charge >= 0.3 is 6.18 Å². The Labute approximate surface area is 107 Å². The van der Waals surface area contributed by atoms with Crippen LogP contribution in [0.15, 0.2) is 40.8 Å². The SMILES string of the molecule is N#Cc1ccc(CNc2cccc(C(F)(F)F)c2)o1. The van der Waals surface area contributed by atoms with Crippen LogP contribution in [0.1, 0.15) is 17.1 Å². The largest absolute Gasteiger partial charge is 0.449 e. The van der Waals surface area contributed by atoms with Crippen LogP contribution in [-0.4, -0.2) is 0 Å². The van der Waals surface area contributed by atoms with Crippen molar-refractivity contribution in [3.05, 3.63) is 53.5 Å². The molecule has 19 heavy (non-hydrogen) atoms. The summed E-state index contributed by atoms with van der Waals surface area (Å²) in [5, 5.41) is 11.4. The second kappa shape index (κ2) is 5.06. The molecule has 3 nitrogen and oxygen atoms in total. The van der Waals surface area contributed by atoms with Crippen molar-refractivity contribution in [1.29, 1.82) is 5.26 Å². The van der Waals surface area contributed by atoms with Gasteiger partial charge in [0.1, 0.15) is 11.8 Å². The summed E-state index contributed by atoms with van der Waals surface area (Å²) in [6.45, 7) is 0.211. The van der Waals surface area contributed by atoms with Gasteiger partial charge in [0, 0.05) is 5.69 Å². The molecule has 0 bridgehead atoms. The predicted octanol–water partition coefficient (Wildman–Crippen LogP) is 3.78. The van der Waals surface area contributed by atoms with Crippen LogP contribution in [0.25, 0.3) is 0 Å². The van der Waals surface area contributed by atoms with Crippen molar-refractivity contribution in [2.24, 2.45) is 0 Å². The maximum Gasteiger partial charge on any atom is 0.416 e. The lowest BCUT2D eigenvalue weighted by Gasteiger charge is -2.09. The number of nitriles is 1. The monoisotopic (exact) mass is 266 g/mol. The summed E-state index contributed by atoms with van der Waals surface area (Å²) >= 11 is 0. The number of hydrogen-bond acceptors (Lipinski definition) is 3. The summed E-state index contributed by atoms with van der Waals surface area (Å²) in [5.74, 6) is 0.648. The fourth-order valence-electron chi connectivity index (χ4n) is 1.53. The molecule has 2 rings (SSSR count). The highest BCUT2D eigenvalue weighted by Crippen LogP contribution is 2.30. The molecule has 0 fully saturated rings. The molecular formula is C13H9F3N2O. The zero-order valence-corrected chi connectivity index (χ0v) is 9.66. The Bertz CT molecular complexity index is 611. The fraction of sp³-hybridized carbons (Fsp3) is 0.154. The van der Waals surface area contributed by atoms with Gasteiger partial charge in [-0.2, -0.15) is 18.4 Å². The first-order chi connectivity index (χ1) is 8.99. The van der Waals surface area contributed by atoms with E-state index in [2.05, 4.69) is 5.32 Å². The maximum absolute atomic E-state index is 12.5. The summed E-state index contributed by atoms with van der Waals surface area (Å²) in [6, 6.07) is 9.82. The molecule has 6 heteroatoms. The highest BCUT2D eigenvalue weighted by atomic mass is 19.4. The third kappa shape index (κ3) is 3.28. The van der Waals surface area contributed by atoms with E-state index >= 15 is 0 Å². The van der Waals surface area contributed by atoms with E-state index in [1.54, 1.807) is 6.07 Å². The van der Waals surface area contributed by atoms with Crippen molar-refractivity contribution in [2.45, 2.75) is 12.7 Å². The maximum atomic E-state index is 12.5. The number of anilines is 1. The molecule has 1 heterocycles. The molecule has 0 aliphatic carbocycles. The number of nitrogens with one attached hydrogen (secondary N) is 1. The van der Waals surface area contributed by atoms with Crippen molar-refractivity contribution in [3.8, 4) is 6.07 Å². The van der Waals surface area contributed by atoms with Crippen LogP contribution in [0, 0.1) is 11.3 Å². The molecule has 0 saturated heterocycles. The first kappa shape index (κ1) is 13.0. The summed E-state index contributed by atoms with van der Waals surface area (Å²) in [7, 11) is 0. The number of hydrogen-bond donors (Lipinski definition) is 1. The van der Waals surface area contributed by atoms with Crippen molar-refractivity contribution < 1.29 is 17.6 Å². The quantitative estimate of drug-likeness (QED) is 0.919. The minimum Gasteiger partial charge on any atom is -0.449 e. The molecule has 0 radical (unpaired) electrons. The van der Waals surface area contributed by atoms with Gasteiger partial charge < -0.3 is 9.73 Å². The Balaban J connectivity index is 2.06. The van der Waals surface area contributed by atoms with Crippen LogP contribution >= 0.6 is 0 Å². The van der Waals surface area contributed by atoms with Gasteiger partial charge in [-0.25, -0.2) is 0 Å². The van der Waals surface area contributed by atoms with E-state index in [1.807, 2.05) is 6.07 Å². The Morgan fingerprint density at radius 3 is 2.63 bits per heavy atom. The Hall–Kier alpha value is -2.42. The topological polar surface area (TPSA) is 49.0 Å². The lowest BCUT2D eigenvalue weighted by Crippen LogP contribution is -2.06. The van der Waals surface area contributed by atoms with Crippen LogP contribution < -0.4 is 5.32 Å². The Morgan fingerprint density at radius 2 is 2.00 bits per heavy atom. The number of alkyl halides is 3. The van der Waals surface area contributed by atoms with Crippen molar-refractivity contribution >= 4 is 5.69 Å². The lowest BCUT2D eigenvalue weighted by atomic mass is 10.2. The minimum absolute atomic E-state index is 0.167. The zero-order valence-electron chi connectivity index (χ0n) is 9.66. The zero-order chi connectivity index (χ0) is 13.9. The third-order valence-corrected chi connectivity index (χ3v) is 2.43. The smallest absolute Gasteiger partial charge is 0.416 e. The molecule has 0 aliphatic heterocycles. The molecule has 1 aromatic carbocycles. The van der Waals surface area contributed by atoms with Crippen molar-refractivity contribution in [2.75, 3.05) is 5.32 Å². The van der Waals surface area contributed by atoms with E-state index in [4.69, 9.17) is 9.68 Å². The average Bonchev–Trinajstić information content (AvgIpc) is 2.84. The van der Waals surface area contributed by atoms with Crippen LogP contribution in [0.4, 0.5) is 18.9 Å². The molecule has 1 aromatic heterocycles. The molecule has 0 atom stereocenters. The molecule has 0 spiro atoms. The van der Waals surface area contributed by atoms with E-state index in [0.717, 1.165) is 12.1 Å². The highest BCUT2D eigenvalue weighted by molar-refractivity contribution is 5.46. The van der Waals surface area contributed by atoms with Crippen molar-refractivity contribution in [1.82, 2.24) is 0 Å². The standard InChI is InChI=1S/C13H9F3N2O/c14-13(15,16)9-2-1-3-10(6-9)18-8-12-5-4-11(7-17)19-12/h1-6,18H,8H2. The van der Waals surface area contributed by atoms with Gasteiger partial charge in [0.25, 0.3) is 0 Å². The van der Waals surface area contributed by atoms with E-state index < -0.39 is 11.7 Å². The van der Waals surface area contributed by atoms with Gasteiger partial charge in [0.15, 0.2) is 0 Å². The first-order valence-corrected chi connectivity index (χ1v) is 5.39. The van der Waals surface area contributed by atoms with Crippen LogP contribution in [0.2, 0.25) is 0 Å². The van der Waals surface area contributed by atoms with Crippen LogP contribution in [0.5, 0.6) is 0 Å². The first-order valence-electron chi connectivity index (χ1n) is 5.39.